The summed E-state index contributed by atoms with van der Waals surface area (Å²) < 4.78 is 0.727. The van der Waals surface area contributed by atoms with E-state index in [2.05, 4.69) is 26.6 Å². The third-order valence-electron chi connectivity index (χ3n) is 4.48. The predicted octanol–water partition coefficient (Wildman–Crippen LogP) is 2.41. The van der Waals surface area contributed by atoms with Gasteiger partial charge in [-0.15, -0.1) is 0 Å². The van der Waals surface area contributed by atoms with Crippen LogP contribution in [-0.4, -0.2) is 48.9 Å². The molecule has 2 N–H and O–H groups in total. The van der Waals surface area contributed by atoms with Gasteiger partial charge in [0.1, 0.15) is 6.04 Å². The number of likely N-dealkylation sites (N-methyl/N-ethyl adjacent to an activating group) is 1. The second-order valence-corrected chi connectivity index (χ2v) is 7.44. The Kier molecular flexibility index (Phi) is 6.80. The quantitative estimate of drug-likeness (QED) is 0.804. The lowest BCUT2D eigenvalue weighted by Crippen LogP contribution is -2.55. The van der Waals surface area contributed by atoms with Crippen LogP contribution in [0.15, 0.2) is 28.7 Å². The summed E-state index contributed by atoms with van der Waals surface area (Å²) in [6.07, 6.45) is 2.07. The van der Waals surface area contributed by atoms with Gasteiger partial charge >= 0.3 is 0 Å². The Labute approximate surface area is 152 Å². The van der Waals surface area contributed by atoms with Crippen LogP contribution in [0.5, 0.6) is 0 Å². The Balaban J connectivity index is 2.10. The molecule has 0 aromatic heterocycles. The molecule has 1 aliphatic heterocycles. The summed E-state index contributed by atoms with van der Waals surface area (Å²) in [4.78, 5) is 27.4. The van der Waals surface area contributed by atoms with Crippen LogP contribution in [0.2, 0.25) is 0 Å². The van der Waals surface area contributed by atoms with E-state index < -0.39 is 6.04 Å². The fraction of sp³-hybridized carbons (Fsp3) is 0.556. The van der Waals surface area contributed by atoms with E-state index in [-0.39, 0.29) is 17.7 Å². The van der Waals surface area contributed by atoms with Gasteiger partial charge in [0.25, 0.3) is 5.91 Å². The van der Waals surface area contributed by atoms with E-state index in [1.807, 2.05) is 44.0 Å². The Morgan fingerprint density at radius 3 is 2.62 bits per heavy atom. The van der Waals surface area contributed by atoms with Crippen molar-refractivity contribution in [3.63, 3.8) is 0 Å². The Morgan fingerprint density at radius 1 is 1.29 bits per heavy atom. The van der Waals surface area contributed by atoms with Gasteiger partial charge in [-0.3, -0.25) is 9.59 Å². The van der Waals surface area contributed by atoms with Gasteiger partial charge < -0.3 is 15.5 Å². The number of piperidine rings is 1. The molecule has 1 aliphatic rings. The number of hydrogen-bond acceptors (Lipinski definition) is 3. The molecule has 0 saturated carbocycles. The standard InChI is InChI=1S/C18H26BrN3O2/c1-12(2)16(18(24)22-10-6-7-13(11-22)20-3)21-17(23)14-8-4-5-9-15(14)19/h4-5,8-9,12-13,16,20H,6-7,10-11H2,1-3H3,(H,21,23). The summed E-state index contributed by atoms with van der Waals surface area (Å²) in [6.45, 7) is 5.37. The van der Waals surface area contributed by atoms with Gasteiger partial charge in [-0.2, -0.15) is 0 Å². The van der Waals surface area contributed by atoms with Crippen molar-refractivity contribution in [1.29, 1.82) is 0 Å². The van der Waals surface area contributed by atoms with Crippen LogP contribution < -0.4 is 10.6 Å². The summed E-state index contributed by atoms with van der Waals surface area (Å²) in [7, 11) is 1.92. The first-order chi connectivity index (χ1) is 11.4. The number of rotatable bonds is 5. The first-order valence-electron chi connectivity index (χ1n) is 8.45. The Morgan fingerprint density at radius 2 is 2.00 bits per heavy atom. The molecule has 2 unspecified atom stereocenters. The number of likely N-dealkylation sites (tertiary alicyclic amines) is 1. The fourth-order valence-corrected chi connectivity index (χ4v) is 3.45. The molecule has 0 bridgehead atoms. The molecule has 1 aromatic rings. The summed E-state index contributed by atoms with van der Waals surface area (Å²) in [5.41, 5.74) is 0.544. The van der Waals surface area contributed by atoms with Crippen molar-refractivity contribution in [2.45, 2.75) is 38.8 Å². The second kappa shape index (κ2) is 8.62. The van der Waals surface area contributed by atoms with Gasteiger partial charge in [-0.25, -0.2) is 0 Å². The number of hydrogen-bond donors (Lipinski definition) is 2. The molecule has 1 heterocycles. The summed E-state index contributed by atoms with van der Waals surface area (Å²) in [5.74, 6) is -0.194. The van der Waals surface area contributed by atoms with E-state index >= 15 is 0 Å². The summed E-state index contributed by atoms with van der Waals surface area (Å²) >= 11 is 3.39. The minimum atomic E-state index is -0.514. The third-order valence-corrected chi connectivity index (χ3v) is 5.17. The number of nitrogens with one attached hydrogen (secondary N) is 2. The number of amides is 2. The molecular formula is C18H26BrN3O2. The Hall–Kier alpha value is -1.40. The highest BCUT2D eigenvalue weighted by Gasteiger charge is 2.31. The monoisotopic (exact) mass is 395 g/mol. The first-order valence-corrected chi connectivity index (χ1v) is 9.24. The lowest BCUT2D eigenvalue weighted by atomic mass is 9.99. The molecule has 2 rings (SSSR count). The van der Waals surface area contributed by atoms with Crippen molar-refractivity contribution < 1.29 is 9.59 Å². The van der Waals surface area contributed by atoms with E-state index in [4.69, 9.17) is 0 Å². The highest BCUT2D eigenvalue weighted by molar-refractivity contribution is 9.10. The average Bonchev–Trinajstić information content (AvgIpc) is 2.59. The fourth-order valence-electron chi connectivity index (χ4n) is 2.99. The molecule has 0 radical (unpaired) electrons. The molecule has 6 heteroatoms. The van der Waals surface area contributed by atoms with Gasteiger partial charge in [0.15, 0.2) is 0 Å². The average molecular weight is 396 g/mol. The van der Waals surface area contributed by atoms with Crippen molar-refractivity contribution in [2.75, 3.05) is 20.1 Å². The normalized spacial score (nSPS) is 19.2. The van der Waals surface area contributed by atoms with Crippen molar-refractivity contribution in [3.8, 4) is 0 Å². The molecule has 2 amide bonds. The lowest BCUT2D eigenvalue weighted by molar-refractivity contribution is -0.135. The number of halogens is 1. The maximum absolute atomic E-state index is 12.9. The van der Waals surface area contributed by atoms with Gasteiger partial charge in [0.2, 0.25) is 5.91 Å². The first kappa shape index (κ1) is 18.9. The zero-order valence-corrected chi connectivity index (χ0v) is 16.1. The van der Waals surface area contributed by atoms with Crippen LogP contribution in [0.4, 0.5) is 0 Å². The molecule has 2 atom stereocenters. The Bertz CT molecular complexity index is 591. The van der Waals surface area contributed by atoms with Crippen LogP contribution in [0, 0.1) is 5.92 Å². The minimum Gasteiger partial charge on any atom is -0.340 e. The van der Waals surface area contributed by atoms with Gasteiger partial charge in [-0.1, -0.05) is 26.0 Å². The van der Waals surface area contributed by atoms with Gasteiger partial charge in [-0.05, 0) is 53.9 Å². The molecule has 24 heavy (non-hydrogen) atoms. The molecule has 1 fully saturated rings. The molecule has 1 saturated heterocycles. The van der Waals surface area contributed by atoms with Crippen molar-refractivity contribution in [1.82, 2.24) is 15.5 Å². The summed E-state index contributed by atoms with van der Waals surface area (Å²) in [5, 5.41) is 6.17. The molecule has 1 aromatic carbocycles. The maximum Gasteiger partial charge on any atom is 0.253 e. The highest BCUT2D eigenvalue weighted by atomic mass is 79.9. The zero-order valence-electron chi connectivity index (χ0n) is 14.5. The van der Waals surface area contributed by atoms with Crippen LogP contribution >= 0.6 is 15.9 Å². The van der Waals surface area contributed by atoms with Crippen LogP contribution in [0.1, 0.15) is 37.0 Å². The predicted molar refractivity (Wildman–Crippen MR) is 98.9 cm³/mol. The van der Waals surface area contributed by atoms with Crippen LogP contribution in [-0.2, 0) is 4.79 Å². The van der Waals surface area contributed by atoms with Crippen molar-refractivity contribution in [3.05, 3.63) is 34.3 Å². The van der Waals surface area contributed by atoms with E-state index in [1.165, 1.54) is 0 Å². The van der Waals surface area contributed by atoms with Gasteiger partial charge in [0, 0.05) is 23.6 Å². The topological polar surface area (TPSA) is 61.4 Å². The van der Waals surface area contributed by atoms with E-state index in [9.17, 15) is 9.59 Å². The minimum absolute atomic E-state index is 0.00496. The third kappa shape index (κ3) is 4.57. The second-order valence-electron chi connectivity index (χ2n) is 6.59. The highest BCUT2D eigenvalue weighted by Crippen LogP contribution is 2.18. The van der Waals surface area contributed by atoms with E-state index in [0.29, 0.717) is 18.2 Å². The molecule has 0 aliphatic carbocycles. The molecule has 0 spiro atoms. The zero-order chi connectivity index (χ0) is 17.7. The van der Waals surface area contributed by atoms with Gasteiger partial charge in [0.05, 0.1) is 5.56 Å². The van der Waals surface area contributed by atoms with E-state index in [1.54, 1.807) is 6.07 Å². The lowest BCUT2D eigenvalue weighted by Gasteiger charge is -2.36. The molecular weight excluding hydrogens is 370 g/mol. The largest absolute Gasteiger partial charge is 0.340 e. The molecule has 5 nitrogen and oxygen atoms in total. The molecule has 132 valence electrons. The van der Waals surface area contributed by atoms with Crippen molar-refractivity contribution in [2.24, 2.45) is 5.92 Å². The van der Waals surface area contributed by atoms with Crippen LogP contribution in [0.3, 0.4) is 0 Å². The number of benzene rings is 1. The maximum atomic E-state index is 12.9. The number of carbonyl (C=O) groups is 2. The SMILES string of the molecule is CNC1CCCN(C(=O)C(NC(=O)c2ccccc2Br)C(C)C)C1. The number of nitrogens with zero attached hydrogens (tertiary/aromatic N) is 1. The smallest absolute Gasteiger partial charge is 0.253 e. The van der Waals surface area contributed by atoms with E-state index in [0.717, 1.165) is 23.9 Å². The van der Waals surface area contributed by atoms with Crippen molar-refractivity contribution >= 4 is 27.7 Å². The summed E-state index contributed by atoms with van der Waals surface area (Å²) in [6, 6.07) is 7.06. The number of carbonyl (C=O) groups excluding carboxylic acids is 2. The van der Waals surface area contributed by atoms with Crippen LogP contribution in [0.25, 0.3) is 0 Å².